The van der Waals surface area contributed by atoms with Crippen LogP contribution in [0.25, 0.3) is 0 Å². The molecule has 1 saturated carbocycles. The summed E-state index contributed by atoms with van der Waals surface area (Å²) in [5.74, 6) is 0.712. The second-order valence-electron chi connectivity index (χ2n) is 4.54. The summed E-state index contributed by atoms with van der Waals surface area (Å²) in [4.78, 5) is 0. The van der Waals surface area contributed by atoms with Gasteiger partial charge < -0.3 is 0 Å². The van der Waals surface area contributed by atoms with Gasteiger partial charge in [-0.3, -0.25) is 0 Å². The first-order valence-corrected chi connectivity index (χ1v) is 5.77. The number of benzene rings is 1. The highest BCUT2D eigenvalue weighted by Gasteiger charge is 2.25. The predicted molar refractivity (Wildman–Crippen MR) is 61.5 cm³/mol. The SMILES string of the molecule is Cc1cccc(C2CCCCC2C#N)c1. The topological polar surface area (TPSA) is 23.8 Å². The highest BCUT2D eigenvalue weighted by molar-refractivity contribution is 5.27. The van der Waals surface area contributed by atoms with Gasteiger partial charge in [-0.1, -0.05) is 42.7 Å². The first kappa shape index (κ1) is 10.2. The average Bonchev–Trinajstić information content (AvgIpc) is 2.29. The molecule has 78 valence electrons. The maximum atomic E-state index is 9.14. The van der Waals surface area contributed by atoms with Crippen molar-refractivity contribution in [3.8, 4) is 6.07 Å². The maximum absolute atomic E-state index is 9.14. The van der Waals surface area contributed by atoms with E-state index in [9.17, 15) is 0 Å². The van der Waals surface area contributed by atoms with Crippen LogP contribution >= 0.6 is 0 Å². The summed E-state index contributed by atoms with van der Waals surface area (Å²) < 4.78 is 0. The van der Waals surface area contributed by atoms with Crippen molar-refractivity contribution in [3.05, 3.63) is 35.4 Å². The van der Waals surface area contributed by atoms with Gasteiger partial charge in [-0.15, -0.1) is 0 Å². The van der Waals surface area contributed by atoms with Crippen molar-refractivity contribution in [2.45, 2.75) is 38.5 Å². The van der Waals surface area contributed by atoms with Crippen LogP contribution in [0.1, 0.15) is 42.7 Å². The summed E-state index contributed by atoms with van der Waals surface area (Å²) >= 11 is 0. The molecule has 1 aliphatic rings. The number of rotatable bonds is 1. The lowest BCUT2D eigenvalue weighted by Gasteiger charge is -2.27. The Bertz CT molecular complexity index is 375. The summed E-state index contributed by atoms with van der Waals surface area (Å²) in [5, 5.41) is 9.14. The van der Waals surface area contributed by atoms with E-state index in [0.717, 1.165) is 6.42 Å². The van der Waals surface area contributed by atoms with Gasteiger partial charge in [0.15, 0.2) is 0 Å². The van der Waals surface area contributed by atoms with E-state index < -0.39 is 0 Å². The van der Waals surface area contributed by atoms with E-state index in [2.05, 4.69) is 37.3 Å². The second kappa shape index (κ2) is 4.49. The van der Waals surface area contributed by atoms with E-state index in [4.69, 9.17) is 5.26 Å². The molecule has 0 N–H and O–H groups in total. The Hall–Kier alpha value is -1.29. The molecule has 1 fully saturated rings. The van der Waals surface area contributed by atoms with Gasteiger partial charge in [-0.2, -0.15) is 5.26 Å². The zero-order valence-electron chi connectivity index (χ0n) is 9.24. The number of aryl methyl sites for hydroxylation is 1. The van der Waals surface area contributed by atoms with Crippen LogP contribution in [0.5, 0.6) is 0 Å². The van der Waals surface area contributed by atoms with Gasteiger partial charge in [0.05, 0.1) is 12.0 Å². The molecule has 2 atom stereocenters. The number of hydrogen-bond donors (Lipinski definition) is 0. The third-order valence-corrected chi connectivity index (χ3v) is 3.40. The lowest BCUT2D eigenvalue weighted by molar-refractivity contribution is 0.369. The van der Waals surface area contributed by atoms with Crippen LogP contribution in [-0.4, -0.2) is 0 Å². The van der Waals surface area contributed by atoms with E-state index in [1.54, 1.807) is 0 Å². The second-order valence-corrected chi connectivity index (χ2v) is 4.54. The van der Waals surface area contributed by atoms with Crippen LogP contribution in [0.2, 0.25) is 0 Å². The molecule has 0 spiro atoms. The largest absolute Gasteiger partial charge is 0.198 e. The Labute approximate surface area is 91.7 Å². The van der Waals surface area contributed by atoms with Crippen molar-refractivity contribution in [2.75, 3.05) is 0 Å². The van der Waals surface area contributed by atoms with Gasteiger partial charge in [0.1, 0.15) is 0 Å². The summed E-state index contributed by atoms with van der Waals surface area (Å²) in [6.45, 7) is 2.12. The van der Waals surface area contributed by atoms with E-state index >= 15 is 0 Å². The fourth-order valence-corrected chi connectivity index (χ4v) is 2.59. The molecule has 0 saturated heterocycles. The van der Waals surface area contributed by atoms with Gasteiger partial charge in [-0.05, 0) is 31.2 Å². The molecular formula is C14H17N. The zero-order valence-corrected chi connectivity index (χ0v) is 9.24. The lowest BCUT2D eigenvalue weighted by Crippen LogP contribution is -2.16. The van der Waals surface area contributed by atoms with Gasteiger partial charge in [0, 0.05) is 0 Å². The molecule has 0 heterocycles. The highest BCUT2D eigenvalue weighted by atomic mass is 14.3. The van der Waals surface area contributed by atoms with Crippen molar-refractivity contribution in [1.82, 2.24) is 0 Å². The van der Waals surface area contributed by atoms with Crippen LogP contribution < -0.4 is 0 Å². The fourth-order valence-electron chi connectivity index (χ4n) is 2.59. The third kappa shape index (κ3) is 2.21. The number of nitrogens with zero attached hydrogens (tertiary/aromatic N) is 1. The summed E-state index contributed by atoms with van der Waals surface area (Å²) in [6, 6.07) is 11.1. The monoisotopic (exact) mass is 199 g/mol. The van der Waals surface area contributed by atoms with E-state index in [1.807, 2.05) is 0 Å². The molecule has 1 aromatic carbocycles. The third-order valence-electron chi connectivity index (χ3n) is 3.40. The van der Waals surface area contributed by atoms with Gasteiger partial charge in [-0.25, -0.2) is 0 Å². The normalized spacial score (nSPS) is 25.9. The Morgan fingerprint density at radius 1 is 1.27 bits per heavy atom. The molecule has 0 radical (unpaired) electrons. The molecule has 2 rings (SSSR count). The summed E-state index contributed by atoms with van der Waals surface area (Å²) in [7, 11) is 0. The minimum atomic E-state index is 0.237. The van der Waals surface area contributed by atoms with Crippen LogP contribution in [0.3, 0.4) is 0 Å². The number of hydrogen-bond acceptors (Lipinski definition) is 1. The van der Waals surface area contributed by atoms with Crippen molar-refractivity contribution in [2.24, 2.45) is 5.92 Å². The van der Waals surface area contributed by atoms with Crippen molar-refractivity contribution < 1.29 is 0 Å². The van der Waals surface area contributed by atoms with Crippen molar-refractivity contribution >= 4 is 0 Å². The quantitative estimate of drug-likeness (QED) is 0.675. The Morgan fingerprint density at radius 3 is 2.80 bits per heavy atom. The van der Waals surface area contributed by atoms with Crippen LogP contribution in [0.15, 0.2) is 24.3 Å². The van der Waals surface area contributed by atoms with Gasteiger partial charge in [0.2, 0.25) is 0 Å². The summed E-state index contributed by atoms with van der Waals surface area (Å²) in [5.41, 5.74) is 2.66. The molecule has 1 nitrogen and oxygen atoms in total. The van der Waals surface area contributed by atoms with Crippen LogP contribution in [0, 0.1) is 24.2 Å². The first-order chi connectivity index (χ1) is 7.31. The van der Waals surface area contributed by atoms with Crippen molar-refractivity contribution in [1.29, 1.82) is 5.26 Å². The predicted octanol–water partition coefficient (Wildman–Crippen LogP) is 3.79. The molecule has 15 heavy (non-hydrogen) atoms. The molecule has 2 unspecified atom stereocenters. The Morgan fingerprint density at radius 2 is 2.07 bits per heavy atom. The van der Waals surface area contributed by atoms with E-state index in [0.29, 0.717) is 5.92 Å². The molecular weight excluding hydrogens is 182 g/mol. The molecule has 0 aliphatic heterocycles. The summed E-state index contributed by atoms with van der Waals surface area (Å²) in [6.07, 6.45) is 4.76. The minimum Gasteiger partial charge on any atom is -0.198 e. The lowest BCUT2D eigenvalue weighted by atomic mass is 9.76. The number of nitriles is 1. The maximum Gasteiger partial charge on any atom is 0.0662 e. The highest BCUT2D eigenvalue weighted by Crippen LogP contribution is 2.37. The molecule has 1 aliphatic carbocycles. The van der Waals surface area contributed by atoms with E-state index in [1.165, 1.54) is 30.4 Å². The smallest absolute Gasteiger partial charge is 0.0662 e. The fraction of sp³-hybridized carbons (Fsp3) is 0.500. The zero-order chi connectivity index (χ0) is 10.7. The minimum absolute atomic E-state index is 0.237. The molecule has 0 aromatic heterocycles. The standard InChI is InChI=1S/C14H17N/c1-11-5-4-7-12(9-11)14-8-3-2-6-13(14)10-15/h4-5,7,9,13-14H,2-3,6,8H2,1H3. The molecule has 0 bridgehead atoms. The van der Waals surface area contributed by atoms with Crippen LogP contribution in [-0.2, 0) is 0 Å². The molecule has 1 aromatic rings. The first-order valence-electron chi connectivity index (χ1n) is 5.77. The molecule has 0 amide bonds. The van der Waals surface area contributed by atoms with Gasteiger partial charge >= 0.3 is 0 Å². The Balaban J connectivity index is 2.25. The van der Waals surface area contributed by atoms with Crippen LogP contribution in [0.4, 0.5) is 0 Å². The van der Waals surface area contributed by atoms with Crippen molar-refractivity contribution in [3.63, 3.8) is 0 Å². The average molecular weight is 199 g/mol. The van der Waals surface area contributed by atoms with E-state index in [-0.39, 0.29) is 5.92 Å². The van der Waals surface area contributed by atoms with Gasteiger partial charge in [0.25, 0.3) is 0 Å². The molecule has 1 heteroatoms. The Kier molecular flexibility index (Phi) is 3.06.